The Morgan fingerprint density at radius 1 is 1.27 bits per heavy atom. The molecule has 1 aliphatic rings. The highest BCUT2D eigenvalue weighted by Gasteiger charge is 2.31. The van der Waals surface area contributed by atoms with E-state index in [-0.39, 0.29) is 25.0 Å². The second-order valence-electron chi connectivity index (χ2n) is 6.48. The van der Waals surface area contributed by atoms with Crippen molar-refractivity contribution in [1.82, 2.24) is 5.32 Å². The summed E-state index contributed by atoms with van der Waals surface area (Å²) in [6.45, 7) is 3.91. The monoisotopic (exact) mass is 416 g/mol. The summed E-state index contributed by atoms with van der Waals surface area (Å²) < 4.78 is 6.33. The van der Waals surface area contributed by atoms with Crippen LogP contribution in [0.25, 0.3) is 0 Å². The molecule has 3 rings (SSSR count). The van der Waals surface area contributed by atoms with Crippen molar-refractivity contribution in [2.24, 2.45) is 0 Å². The number of carbonyl (C=O) groups is 2. The molecule has 6 heteroatoms. The zero-order chi connectivity index (χ0) is 18.7. The third-order valence-electron chi connectivity index (χ3n) is 4.70. The first-order valence-electron chi connectivity index (χ1n) is 8.52. The van der Waals surface area contributed by atoms with E-state index in [0.29, 0.717) is 11.4 Å². The topological polar surface area (TPSA) is 58.6 Å². The number of amides is 2. The van der Waals surface area contributed by atoms with Crippen molar-refractivity contribution in [3.63, 3.8) is 0 Å². The van der Waals surface area contributed by atoms with Crippen molar-refractivity contribution in [3.05, 3.63) is 58.6 Å². The molecule has 1 heterocycles. The molecule has 0 aliphatic carbocycles. The van der Waals surface area contributed by atoms with Crippen LogP contribution in [0.4, 0.5) is 5.69 Å². The Morgan fingerprint density at radius 2 is 2.00 bits per heavy atom. The fraction of sp³-hybridized carbons (Fsp3) is 0.300. The average molecular weight is 417 g/mol. The fourth-order valence-electron chi connectivity index (χ4n) is 3.01. The van der Waals surface area contributed by atoms with Gasteiger partial charge in [0.05, 0.1) is 11.2 Å². The van der Waals surface area contributed by atoms with Gasteiger partial charge in [-0.1, -0.05) is 53.2 Å². The maximum Gasteiger partial charge on any atom is 0.265 e. The molecule has 0 bridgehead atoms. The van der Waals surface area contributed by atoms with E-state index in [1.165, 1.54) is 4.90 Å². The Bertz CT molecular complexity index is 825. The summed E-state index contributed by atoms with van der Waals surface area (Å²) in [7, 11) is 0. The van der Waals surface area contributed by atoms with Gasteiger partial charge in [-0.25, -0.2) is 0 Å². The van der Waals surface area contributed by atoms with Gasteiger partial charge in [-0.3, -0.25) is 14.5 Å². The zero-order valence-corrected chi connectivity index (χ0v) is 16.4. The molecule has 1 N–H and O–H groups in total. The predicted octanol–water partition coefficient (Wildman–Crippen LogP) is 3.62. The van der Waals surface area contributed by atoms with Crippen LogP contribution >= 0.6 is 15.9 Å². The number of ether oxygens (including phenoxy) is 1. The lowest BCUT2D eigenvalue weighted by Gasteiger charge is -2.33. The maximum absolute atomic E-state index is 12.7. The molecule has 0 radical (unpaired) electrons. The Balaban J connectivity index is 1.79. The smallest absolute Gasteiger partial charge is 0.265 e. The number of hydrogen-bond donors (Lipinski definition) is 1. The second kappa shape index (κ2) is 7.50. The highest BCUT2D eigenvalue weighted by Crippen LogP contribution is 2.34. The third kappa shape index (κ3) is 3.75. The minimum Gasteiger partial charge on any atom is -0.482 e. The molecule has 0 fully saturated rings. The molecule has 1 atom stereocenters. The van der Waals surface area contributed by atoms with Crippen molar-refractivity contribution in [3.8, 4) is 5.75 Å². The molecule has 136 valence electrons. The number of anilines is 1. The first kappa shape index (κ1) is 18.5. The fourth-order valence-corrected chi connectivity index (χ4v) is 3.35. The summed E-state index contributed by atoms with van der Waals surface area (Å²) in [5, 5.41) is 3.09. The number of carbonyl (C=O) groups excluding carboxylic acids is 2. The lowest BCUT2D eigenvalue weighted by atomic mass is 9.89. The van der Waals surface area contributed by atoms with Crippen LogP contribution in [0.1, 0.15) is 25.8 Å². The molecular weight excluding hydrogens is 396 g/mol. The van der Waals surface area contributed by atoms with Gasteiger partial charge in [0.1, 0.15) is 12.3 Å². The van der Waals surface area contributed by atoms with E-state index in [1.54, 1.807) is 12.1 Å². The van der Waals surface area contributed by atoms with Gasteiger partial charge < -0.3 is 10.1 Å². The number of nitrogens with one attached hydrogen (secondary N) is 1. The van der Waals surface area contributed by atoms with E-state index in [2.05, 4.69) is 21.2 Å². The van der Waals surface area contributed by atoms with Crippen molar-refractivity contribution in [1.29, 1.82) is 0 Å². The minimum atomic E-state index is -0.490. The first-order chi connectivity index (χ1) is 12.4. The van der Waals surface area contributed by atoms with Gasteiger partial charge in [0, 0.05) is 4.47 Å². The standard InChI is InChI=1S/C20H21BrN2O3/c1-3-20(2,14-7-5-4-6-8-14)22-18(24)12-23-16-10-9-15(21)11-17(16)26-13-19(23)25/h4-11H,3,12-13H2,1-2H3,(H,22,24). The van der Waals surface area contributed by atoms with Crippen LogP contribution < -0.4 is 15.0 Å². The predicted molar refractivity (Wildman–Crippen MR) is 104 cm³/mol. The van der Waals surface area contributed by atoms with Crippen molar-refractivity contribution in [2.75, 3.05) is 18.1 Å². The van der Waals surface area contributed by atoms with E-state index in [1.807, 2.05) is 50.2 Å². The van der Waals surface area contributed by atoms with Crippen molar-refractivity contribution < 1.29 is 14.3 Å². The van der Waals surface area contributed by atoms with Gasteiger partial charge in [-0.05, 0) is 37.1 Å². The Hall–Kier alpha value is -2.34. The van der Waals surface area contributed by atoms with Crippen LogP contribution in [0.5, 0.6) is 5.75 Å². The highest BCUT2D eigenvalue weighted by molar-refractivity contribution is 9.10. The van der Waals surface area contributed by atoms with E-state index in [0.717, 1.165) is 16.5 Å². The van der Waals surface area contributed by atoms with Crippen LogP contribution in [0.2, 0.25) is 0 Å². The molecule has 0 saturated heterocycles. The second-order valence-corrected chi connectivity index (χ2v) is 7.40. The molecule has 2 aromatic carbocycles. The van der Waals surface area contributed by atoms with E-state index in [4.69, 9.17) is 4.74 Å². The van der Waals surface area contributed by atoms with Gasteiger partial charge >= 0.3 is 0 Å². The molecule has 0 saturated carbocycles. The maximum atomic E-state index is 12.7. The van der Waals surface area contributed by atoms with Crippen molar-refractivity contribution in [2.45, 2.75) is 25.8 Å². The van der Waals surface area contributed by atoms with Crippen LogP contribution in [0.15, 0.2) is 53.0 Å². The largest absolute Gasteiger partial charge is 0.482 e. The van der Waals surface area contributed by atoms with Crippen LogP contribution in [-0.4, -0.2) is 25.0 Å². The number of fused-ring (bicyclic) bond motifs is 1. The molecule has 0 spiro atoms. The summed E-state index contributed by atoms with van der Waals surface area (Å²) in [5.74, 6) is 0.156. The first-order valence-corrected chi connectivity index (χ1v) is 9.31. The van der Waals surface area contributed by atoms with Crippen LogP contribution in [-0.2, 0) is 15.1 Å². The molecule has 0 aromatic heterocycles. The van der Waals surface area contributed by atoms with Gasteiger partial charge in [0.25, 0.3) is 5.91 Å². The summed E-state index contributed by atoms with van der Waals surface area (Å²) in [6.07, 6.45) is 0.739. The van der Waals surface area contributed by atoms with Gasteiger partial charge in [-0.2, -0.15) is 0 Å². The van der Waals surface area contributed by atoms with Gasteiger partial charge in [0.2, 0.25) is 5.91 Å². The lowest BCUT2D eigenvalue weighted by molar-refractivity contribution is -0.126. The minimum absolute atomic E-state index is 0.0424. The Kier molecular flexibility index (Phi) is 5.32. The zero-order valence-electron chi connectivity index (χ0n) is 14.8. The average Bonchev–Trinajstić information content (AvgIpc) is 2.64. The van der Waals surface area contributed by atoms with Gasteiger partial charge in [0.15, 0.2) is 6.61 Å². The number of rotatable bonds is 5. The molecule has 26 heavy (non-hydrogen) atoms. The molecule has 1 unspecified atom stereocenters. The quantitative estimate of drug-likeness (QED) is 0.809. The van der Waals surface area contributed by atoms with E-state index in [9.17, 15) is 9.59 Å². The van der Waals surface area contributed by atoms with Crippen LogP contribution in [0.3, 0.4) is 0 Å². The molecular formula is C20H21BrN2O3. The number of halogens is 1. The highest BCUT2D eigenvalue weighted by atomic mass is 79.9. The van der Waals surface area contributed by atoms with Crippen LogP contribution in [0, 0.1) is 0 Å². The number of benzene rings is 2. The third-order valence-corrected chi connectivity index (χ3v) is 5.19. The van der Waals surface area contributed by atoms with Crippen molar-refractivity contribution >= 4 is 33.4 Å². The van der Waals surface area contributed by atoms with Gasteiger partial charge in [-0.15, -0.1) is 0 Å². The number of hydrogen-bond acceptors (Lipinski definition) is 3. The lowest BCUT2D eigenvalue weighted by Crippen LogP contribution is -2.50. The molecule has 5 nitrogen and oxygen atoms in total. The summed E-state index contributed by atoms with van der Waals surface area (Å²) in [5.41, 5.74) is 1.15. The molecule has 2 aromatic rings. The summed E-state index contributed by atoms with van der Waals surface area (Å²) >= 11 is 3.39. The Morgan fingerprint density at radius 3 is 2.69 bits per heavy atom. The van der Waals surface area contributed by atoms with E-state index < -0.39 is 5.54 Å². The molecule has 1 aliphatic heterocycles. The Labute approximate surface area is 161 Å². The summed E-state index contributed by atoms with van der Waals surface area (Å²) in [6, 6.07) is 15.2. The number of nitrogens with zero attached hydrogens (tertiary/aromatic N) is 1. The molecule has 2 amide bonds. The van der Waals surface area contributed by atoms with E-state index >= 15 is 0 Å². The normalized spacial score (nSPS) is 15.7. The summed E-state index contributed by atoms with van der Waals surface area (Å²) in [4.78, 5) is 26.5. The SMILES string of the molecule is CCC(C)(NC(=O)CN1C(=O)COc2cc(Br)ccc21)c1ccccc1.